The summed E-state index contributed by atoms with van der Waals surface area (Å²) in [7, 11) is 1.57. The fourth-order valence-electron chi connectivity index (χ4n) is 2.34. The van der Waals surface area contributed by atoms with Crippen LogP contribution in [0.2, 0.25) is 0 Å². The maximum absolute atomic E-state index is 12.9. The molecule has 0 saturated carbocycles. The maximum atomic E-state index is 12.9. The van der Waals surface area contributed by atoms with Crippen LogP contribution in [0.15, 0.2) is 65.1 Å². The fraction of sp³-hybridized carbons (Fsp3) is 0.150. The second kappa shape index (κ2) is 8.20. The third kappa shape index (κ3) is 4.42. The Balaban J connectivity index is 1.55. The number of methoxy groups -OCH3 is 1. The molecule has 1 amide bonds. The van der Waals surface area contributed by atoms with Crippen LogP contribution in [-0.4, -0.2) is 13.0 Å². The number of halogens is 1. The minimum atomic E-state index is -0.349. The van der Waals surface area contributed by atoms with E-state index in [1.165, 1.54) is 12.1 Å². The van der Waals surface area contributed by atoms with Crippen LogP contribution < -0.4 is 14.8 Å². The van der Waals surface area contributed by atoms with Crippen molar-refractivity contribution in [1.82, 2.24) is 5.32 Å². The average molecular weight is 355 g/mol. The molecule has 134 valence electrons. The predicted molar refractivity (Wildman–Crippen MR) is 93.6 cm³/mol. The SMILES string of the molecule is COc1ccccc1OCc1ccc(C(=O)NCc2ccc(F)cc2)o1. The van der Waals surface area contributed by atoms with Gasteiger partial charge in [-0.25, -0.2) is 4.39 Å². The van der Waals surface area contributed by atoms with Gasteiger partial charge in [-0.3, -0.25) is 4.79 Å². The number of nitrogens with one attached hydrogen (secondary N) is 1. The summed E-state index contributed by atoms with van der Waals surface area (Å²) in [6.07, 6.45) is 0. The van der Waals surface area contributed by atoms with E-state index in [0.29, 0.717) is 17.3 Å². The maximum Gasteiger partial charge on any atom is 0.287 e. The zero-order chi connectivity index (χ0) is 18.4. The molecule has 0 bridgehead atoms. The molecule has 0 aliphatic heterocycles. The van der Waals surface area contributed by atoms with E-state index in [1.54, 1.807) is 43.5 Å². The lowest BCUT2D eigenvalue weighted by atomic mass is 10.2. The molecule has 0 aliphatic rings. The monoisotopic (exact) mass is 355 g/mol. The third-order valence-corrected chi connectivity index (χ3v) is 3.69. The molecule has 6 heteroatoms. The van der Waals surface area contributed by atoms with E-state index >= 15 is 0 Å². The first kappa shape index (κ1) is 17.5. The second-order valence-corrected chi connectivity index (χ2v) is 5.51. The average Bonchev–Trinajstić information content (AvgIpc) is 3.15. The summed E-state index contributed by atoms with van der Waals surface area (Å²) in [5, 5.41) is 2.72. The Bertz CT molecular complexity index is 874. The van der Waals surface area contributed by atoms with Crippen LogP contribution in [0.25, 0.3) is 0 Å². The van der Waals surface area contributed by atoms with Crippen molar-refractivity contribution in [2.24, 2.45) is 0 Å². The van der Waals surface area contributed by atoms with Crippen LogP contribution >= 0.6 is 0 Å². The first-order valence-corrected chi connectivity index (χ1v) is 8.03. The molecule has 0 fully saturated rings. The zero-order valence-corrected chi connectivity index (χ0v) is 14.2. The van der Waals surface area contributed by atoms with E-state index < -0.39 is 0 Å². The van der Waals surface area contributed by atoms with Crippen molar-refractivity contribution in [3.05, 3.63) is 83.6 Å². The highest BCUT2D eigenvalue weighted by Crippen LogP contribution is 2.26. The number of carbonyl (C=O) groups is 1. The molecule has 1 N–H and O–H groups in total. The molecule has 0 spiro atoms. The quantitative estimate of drug-likeness (QED) is 0.697. The van der Waals surface area contributed by atoms with Crippen molar-refractivity contribution in [1.29, 1.82) is 0 Å². The van der Waals surface area contributed by atoms with Gasteiger partial charge in [0, 0.05) is 6.54 Å². The molecule has 3 rings (SSSR count). The second-order valence-electron chi connectivity index (χ2n) is 5.51. The van der Waals surface area contributed by atoms with Gasteiger partial charge < -0.3 is 19.2 Å². The van der Waals surface area contributed by atoms with Gasteiger partial charge in [0.05, 0.1) is 7.11 Å². The van der Waals surface area contributed by atoms with Crippen LogP contribution in [0.4, 0.5) is 4.39 Å². The smallest absolute Gasteiger partial charge is 0.287 e. The summed E-state index contributed by atoms with van der Waals surface area (Å²) in [5.41, 5.74) is 0.797. The Hall–Kier alpha value is -3.28. The Labute approximate surface area is 150 Å². The number of para-hydroxylation sites is 2. The summed E-state index contributed by atoms with van der Waals surface area (Å²) in [6, 6.07) is 16.5. The molecular formula is C20H18FNO4. The zero-order valence-electron chi connectivity index (χ0n) is 14.2. The lowest BCUT2D eigenvalue weighted by molar-refractivity contribution is 0.0919. The van der Waals surface area contributed by atoms with Crippen molar-refractivity contribution in [2.45, 2.75) is 13.2 Å². The number of rotatable bonds is 7. The summed E-state index contributed by atoms with van der Waals surface area (Å²) in [5.74, 6) is 1.25. The van der Waals surface area contributed by atoms with Gasteiger partial charge in [0.2, 0.25) is 0 Å². The number of hydrogen-bond donors (Lipinski definition) is 1. The lowest BCUT2D eigenvalue weighted by Gasteiger charge is -2.08. The molecule has 1 heterocycles. The van der Waals surface area contributed by atoms with E-state index in [2.05, 4.69) is 5.32 Å². The standard InChI is InChI=1S/C20H18FNO4/c1-24-17-4-2-3-5-18(17)25-13-16-10-11-19(26-16)20(23)22-12-14-6-8-15(21)9-7-14/h2-11H,12-13H2,1H3,(H,22,23). The van der Waals surface area contributed by atoms with Crippen molar-refractivity contribution >= 4 is 5.91 Å². The minimum absolute atomic E-state index is 0.172. The number of amides is 1. The molecule has 0 atom stereocenters. The van der Waals surface area contributed by atoms with Gasteiger partial charge in [-0.1, -0.05) is 24.3 Å². The number of furan rings is 1. The normalized spacial score (nSPS) is 10.4. The van der Waals surface area contributed by atoms with Crippen molar-refractivity contribution in [3.8, 4) is 11.5 Å². The summed E-state index contributed by atoms with van der Waals surface area (Å²) < 4.78 is 29.3. The molecule has 26 heavy (non-hydrogen) atoms. The molecule has 5 nitrogen and oxygen atoms in total. The molecule has 0 saturated heterocycles. The summed E-state index contributed by atoms with van der Waals surface area (Å²) in [6.45, 7) is 0.457. The highest BCUT2D eigenvalue weighted by atomic mass is 19.1. The predicted octanol–water partition coefficient (Wildman–Crippen LogP) is 3.94. The topological polar surface area (TPSA) is 60.7 Å². The summed E-state index contributed by atoms with van der Waals surface area (Å²) >= 11 is 0. The molecule has 2 aromatic carbocycles. The highest BCUT2D eigenvalue weighted by molar-refractivity contribution is 5.91. The molecule has 0 aliphatic carbocycles. The highest BCUT2D eigenvalue weighted by Gasteiger charge is 2.12. The van der Waals surface area contributed by atoms with Gasteiger partial charge in [0.1, 0.15) is 18.2 Å². The van der Waals surface area contributed by atoms with Gasteiger partial charge in [-0.2, -0.15) is 0 Å². The molecule has 0 radical (unpaired) electrons. The van der Waals surface area contributed by atoms with Crippen molar-refractivity contribution < 1.29 is 23.1 Å². The molecule has 1 aromatic heterocycles. The van der Waals surface area contributed by atoms with Gasteiger partial charge in [0.25, 0.3) is 5.91 Å². The minimum Gasteiger partial charge on any atom is -0.493 e. The Morgan fingerprint density at radius 1 is 1.04 bits per heavy atom. The fourth-order valence-corrected chi connectivity index (χ4v) is 2.34. The Morgan fingerprint density at radius 3 is 2.50 bits per heavy atom. The number of hydrogen-bond acceptors (Lipinski definition) is 4. The van der Waals surface area contributed by atoms with Crippen LogP contribution in [0.1, 0.15) is 21.9 Å². The van der Waals surface area contributed by atoms with Crippen LogP contribution in [0.3, 0.4) is 0 Å². The third-order valence-electron chi connectivity index (χ3n) is 3.69. The molecular weight excluding hydrogens is 337 g/mol. The van der Waals surface area contributed by atoms with Gasteiger partial charge in [-0.05, 0) is 42.0 Å². The van der Waals surface area contributed by atoms with E-state index in [-0.39, 0.29) is 30.6 Å². The van der Waals surface area contributed by atoms with Crippen molar-refractivity contribution in [3.63, 3.8) is 0 Å². The first-order valence-electron chi connectivity index (χ1n) is 8.03. The van der Waals surface area contributed by atoms with Crippen molar-refractivity contribution in [2.75, 3.05) is 7.11 Å². The summed E-state index contributed by atoms with van der Waals surface area (Å²) in [4.78, 5) is 12.1. The van der Waals surface area contributed by atoms with Crippen LogP contribution in [0.5, 0.6) is 11.5 Å². The Morgan fingerprint density at radius 2 is 1.77 bits per heavy atom. The van der Waals surface area contributed by atoms with Crippen LogP contribution in [0, 0.1) is 5.82 Å². The van der Waals surface area contributed by atoms with Gasteiger partial charge >= 0.3 is 0 Å². The molecule has 0 unspecified atom stereocenters. The van der Waals surface area contributed by atoms with E-state index in [1.807, 2.05) is 12.1 Å². The number of carbonyl (C=O) groups excluding carboxylic acids is 1. The number of ether oxygens (including phenoxy) is 2. The van der Waals surface area contributed by atoms with E-state index in [9.17, 15) is 9.18 Å². The first-order chi connectivity index (χ1) is 12.7. The van der Waals surface area contributed by atoms with E-state index in [0.717, 1.165) is 5.56 Å². The van der Waals surface area contributed by atoms with Crippen LogP contribution in [-0.2, 0) is 13.2 Å². The largest absolute Gasteiger partial charge is 0.493 e. The van der Waals surface area contributed by atoms with Gasteiger partial charge in [0.15, 0.2) is 17.3 Å². The Kier molecular flexibility index (Phi) is 5.53. The van der Waals surface area contributed by atoms with E-state index in [4.69, 9.17) is 13.9 Å². The number of benzene rings is 2. The lowest BCUT2D eigenvalue weighted by Crippen LogP contribution is -2.22. The molecule has 3 aromatic rings. The van der Waals surface area contributed by atoms with Gasteiger partial charge in [-0.15, -0.1) is 0 Å².